The molecule has 0 unspecified atom stereocenters. The lowest BCUT2D eigenvalue weighted by atomic mass is 9.93. The molecule has 2 rings (SSSR count). The highest BCUT2D eigenvalue weighted by Crippen LogP contribution is 2.26. The molecule has 0 bridgehead atoms. The van der Waals surface area contributed by atoms with E-state index in [4.69, 9.17) is 11.6 Å². The first kappa shape index (κ1) is 22.4. The molecule has 27 heavy (non-hydrogen) atoms. The molecule has 1 aliphatic rings. The number of alkyl halides is 1. The topological polar surface area (TPSA) is 61.4 Å². The Kier molecular flexibility index (Phi) is 7.49. The Bertz CT molecular complexity index is 680. The fraction of sp³-hybridized carbons (Fsp3) is 0.579. The van der Waals surface area contributed by atoms with Crippen molar-refractivity contribution in [1.82, 2.24) is 15.5 Å². The predicted molar refractivity (Wildman–Crippen MR) is 114 cm³/mol. The first-order valence-electron chi connectivity index (χ1n) is 8.92. The van der Waals surface area contributed by atoms with Crippen LogP contribution in [0.4, 0.5) is 4.39 Å². The molecule has 0 spiro atoms. The summed E-state index contributed by atoms with van der Waals surface area (Å²) in [6.45, 7) is 6.97. The summed E-state index contributed by atoms with van der Waals surface area (Å²) in [6.07, 6.45) is 0.562. The smallest absolute Gasteiger partial charge is 0.251 e. The lowest BCUT2D eigenvalue weighted by molar-refractivity contribution is -0.124. The van der Waals surface area contributed by atoms with Crippen LogP contribution in [0.2, 0.25) is 5.02 Å². The van der Waals surface area contributed by atoms with Crippen LogP contribution in [-0.2, 0) is 4.79 Å². The lowest BCUT2D eigenvalue weighted by Crippen LogP contribution is -2.51. The van der Waals surface area contributed by atoms with Crippen LogP contribution >= 0.6 is 34.2 Å². The van der Waals surface area contributed by atoms with Gasteiger partial charge in [0.1, 0.15) is 5.67 Å². The molecule has 1 saturated heterocycles. The van der Waals surface area contributed by atoms with Crippen LogP contribution in [0.1, 0.15) is 44.0 Å². The summed E-state index contributed by atoms with van der Waals surface area (Å²) >= 11 is 8.05. The Labute approximate surface area is 178 Å². The molecule has 1 fully saturated rings. The Morgan fingerprint density at radius 2 is 1.89 bits per heavy atom. The molecule has 2 N–H and O–H groups in total. The minimum absolute atomic E-state index is 0.0447. The maximum Gasteiger partial charge on any atom is 0.251 e. The maximum atomic E-state index is 15.0. The molecule has 0 radical (unpaired) electrons. The average Bonchev–Trinajstić information content (AvgIpc) is 2.52. The summed E-state index contributed by atoms with van der Waals surface area (Å²) in [7, 11) is 0. The third kappa shape index (κ3) is 7.54. The van der Waals surface area contributed by atoms with Gasteiger partial charge in [-0.05, 0) is 74.4 Å². The van der Waals surface area contributed by atoms with Gasteiger partial charge in [-0.3, -0.25) is 14.5 Å². The van der Waals surface area contributed by atoms with Crippen molar-refractivity contribution in [2.45, 2.75) is 44.8 Å². The summed E-state index contributed by atoms with van der Waals surface area (Å²) in [5.41, 5.74) is -1.32. The van der Waals surface area contributed by atoms with Crippen LogP contribution in [0.15, 0.2) is 18.2 Å². The number of amides is 2. The number of benzene rings is 1. The molecule has 0 aliphatic carbocycles. The van der Waals surface area contributed by atoms with Gasteiger partial charge < -0.3 is 10.6 Å². The fourth-order valence-corrected chi connectivity index (χ4v) is 4.07. The van der Waals surface area contributed by atoms with Crippen LogP contribution in [0.3, 0.4) is 0 Å². The highest BCUT2D eigenvalue weighted by molar-refractivity contribution is 14.1. The number of hydrogen-bond donors (Lipinski definition) is 2. The van der Waals surface area contributed by atoms with Crippen LogP contribution in [0.5, 0.6) is 0 Å². The van der Waals surface area contributed by atoms with Crippen molar-refractivity contribution in [3.05, 3.63) is 32.4 Å². The molecule has 1 aromatic rings. The van der Waals surface area contributed by atoms with E-state index in [2.05, 4.69) is 33.2 Å². The Balaban J connectivity index is 1.81. The van der Waals surface area contributed by atoms with Gasteiger partial charge in [-0.2, -0.15) is 0 Å². The van der Waals surface area contributed by atoms with Gasteiger partial charge >= 0.3 is 0 Å². The first-order valence-corrected chi connectivity index (χ1v) is 10.4. The molecular formula is C19H26ClFIN3O2. The zero-order valence-electron chi connectivity index (χ0n) is 15.9. The summed E-state index contributed by atoms with van der Waals surface area (Å²) in [5, 5.41) is 6.06. The number of rotatable bonds is 5. The fourth-order valence-electron chi connectivity index (χ4n) is 2.98. The maximum absolute atomic E-state index is 15.0. The third-order valence-electron chi connectivity index (χ3n) is 4.32. The molecule has 5 nitrogen and oxygen atoms in total. The van der Waals surface area contributed by atoms with E-state index in [1.165, 1.54) is 0 Å². The van der Waals surface area contributed by atoms with E-state index < -0.39 is 5.67 Å². The highest BCUT2D eigenvalue weighted by Gasteiger charge is 2.35. The number of piperidine rings is 1. The number of carbonyl (C=O) groups excluding carboxylic acids is 2. The van der Waals surface area contributed by atoms with Crippen molar-refractivity contribution < 1.29 is 14.0 Å². The van der Waals surface area contributed by atoms with Gasteiger partial charge in [0.2, 0.25) is 5.91 Å². The van der Waals surface area contributed by atoms with Crippen LogP contribution < -0.4 is 10.6 Å². The second-order valence-corrected chi connectivity index (χ2v) is 9.75. The number of halogens is 3. The first-order chi connectivity index (χ1) is 12.5. The zero-order valence-corrected chi connectivity index (χ0v) is 18.8. The molecule has 1 aliphatic heterocycles. The standard InChI is InChI=1S/C19H26ClFIN3O2/c1-18(2,3)24-16(26)11-25-6-4-19(21,5-7-25)12-23-17(27)13-8-14(20)10-15(22)9-13/h8-10H,4-7,11-12H2,1-3H3,(H,23,27)(H,24,26). The number of likely N-dealkylation sites (tertiary alicyclic amines) is 1. The van der Waals surface area contributed by atoms with Gasteiger partial charge in [-0.25, -0.2) is 4.39 Å². The molecule has 2 amide bonds. The Morgan fingerprint density at radius 3 is 2.44 bits per heavy atom. The minimum Gasteiger partial charge on any atom is -0.350 e. The predicted octanol–water partition coefficient (Wildman–Crippen LogP) is 3.39. The van der Waals surface area contributed by atoms with E-state index in [1.807, 2.05) is 25.7 Å². The number of carbonyl (C=O) groups is 2. The van der Waals surface area contributed by atoms with Crippen molar-refractivity contribution in [3.8, 4) is 0 Å². The number of nitrogens with one attached hydrogen (secondary N) is 2. The average molecular weight is 510 g/mol. The molecule has 0 atom stereocenters. The van der Waals surface area contributed by atoms with Crippen molar-refractivity contribution in [1.29, 1.82) is 0 Å². The molecule has 1 aromatic carbocycles. The van der Waals surface area contributed by atoms with E-state index >= 15 is 4.39 Å². The lowest BCUT2D eigenvalue weighted by Gasteiger charge is -2.36. The quantitative estimate of drug-likeness (QED) is 0.598. The molecule has 0 saturated carbocycles. The molecule has 150 valence electrons. The van der Waals surface area contributed by atoms with E-state index in [-0.39, 0.29) is 43.3 Å². The van der Waals surface area contributed by atoms with Gasteiger partial charge in [-0.15, -0.1) is 0 Å². The number of hydrogen-bond acceptors (Lipinski definition) is 3. The second-order valence-electron chi connectivity index (χ2n) is 8.07. The molecular weight excluding hydrogens is 484 g/mol. The molecule has 0 aromatic heterocycles. The summed E-state index contributed by atoms with van der Waals surface area (Å²) in [4.78, 5) is 26.2. The van der Waals surface area contributed by atoms with Crippen molar-refractivity contribution >= 4 is 46.0 Å². The van der Waals surface area contributed by atoms with E-state index in [0.717, 1.165) is 3.57 Å². The van der Waals surface area contributed by atoms with Crippen molar-refractivity contribution in [3.63, 3.8) is 0 Å². The van der Waals surface area contributed by atoms with Crippen LogP contribution in [0.25, 0.3) is 0 Å². The third-order valence-corrected chi connectivity index (χ3v) is 5.17. The number of nitrogens with zero attached hydrogens (tertiary/aromatic N) is 1. The minimum atomic E-state index is -1.46. The van der Waals surface area contributed by atoms with E-state index in [9.17, 15) is 9.59 Å². The van der Waals surface area contributed by atoms with Gasteiger partial charge in [0.25, 0.3) is 5.91 Å². The molecule has 1 heterocycles. The largest absolute Gasteiger partial charge is 0.350 e. The summed E-state index contributed by atoms with van der Waals surface area (Å²) < 4.78 is 15.9. The van der Waals surface area contributed by atoms with Crippen LogP contribution in [-0.4, -0.2) is 54.1 Å². The Hall–Kier alpha value is -0.930. The van der Waals surface area contributed by atoms with Gasteiger partial charge in [0, 0.05) is 32.8 Å². The van der Waals surface area contributed by atoms with Crippen LogP contribution in [0, 0.1) is 3.57 Å². The van der Waals surface area contributed by atoms with Gasteiger partial charge in [0.05, 0.1) is 13.1 Å². The highest BCUT2D eigenvalue weighted by atomic mass is 127. The normalized spacial score (nSPS) is 17.4. The monoisotopic (exact) mass is 509 g/mol. The van der Waals surface area contributed by atoms with E-state index in [1.54, 1.807) is 18.2 Å². The second kappa shape index (κ2) is 9.05. The Morgan fingerprint density at radius 1 is 1.26 bits per heavy atom. The van der Waals surface area contributed by atoms with E-state index in [0.29, 0.717) is 23.7 Å². The summed E-state index contributed by atoms with van der Waals surface area (Å²) in [6, 6.07) is 5.03. The zero-order chi connectivity index (χ0) is 20.2. The SMILES string of the molecule is CC(C)(C)NC(=O)CN1CCC(F)(CNC(=O)c2cc(Cl)cc(I)c2)CC1. The van der Waals surface area contributed by atoms with Crippen molar-refractivity contribution in [2.24, 2.45) is 0 Å². The summed E-state index contributed by atoms with van der Waals surface area (Å²) in [5.74, 6) is -0.392. The van der Waals surface area contributed by atoms with Gasteiger partial charge in [0.15, 0.2) is 0 Å². The molecule has 8 heteroatoms. The van der Waals surface area contributed by atoms with Crippen molar-refractivity contribution in [2.75, 3.05) is 26.2 Å². The van der Waals surface area contributed by atoms with Gasteiger partial charge in [-0.1, -0.05) is 11.6 Å².